The van der Waals surface area contributed by atoms with Gasteiger partial charge in [0.15, 0.2) is 5.65 Å². The molecule has 1 aromatic carbocycles. The van der Waals surface area contributed by atoms with Crippen LogP contribution < -0.4 is 9.80 Å². The number of carbonyl (C=O) groups excluding carboxylic acids is 1. The van der Waals surface area contributed by atoms with Crippen molar-refractivity contribution in [1.82, 2.24) is 34.9 Å². The summed E-state index contributed by atoms with van der Waals surface area (Å²) in [6.45, 7) is 14.9. The molecular formula is C37H45N9O3. The topological polar surface area (TPSA) is 127 Å². The number of ether oxygens (including phenoxy) is 1. The summed E-state index contributed by atoms with van der Waals surface area (Å²) in [4.78, 5) is 35.0. The second kappa shape index (κ2) is 11.0. The number of fused-ring (bicyclic) bond motifs is 4. The van der Waals surface area contributed by atoms with Crippen LogP contribution in [0.5, 0.6) is 5.75 Å². The van der Waals surface area contributed by atoms with E-state index in [0.29, 0.717) is 34.6 Å². The van der Waals surface area contributed by atoms with Crippen LogP contribution >= 0.6 is 0 Å². The van der Waals surface area contributed by atoms with Crippen molar-refractivity contribution in [2.45, 2.75) is 64.6 Å². The zero-order chi connectivity index (χ0) is 33.7. The Balaban J connectivity index is 0.815. The molecule has 12 nitrogen and oxygen atoms in total. The number of hydrogen-bond acceptors (Lipinski definition) is 10. The van der Waals surface area contributed by atoms with Gasteiger partial charge in [0.25, 0.3) is 0 Å². The minimum absolute atomic E-state index is 0.0489. The summed E-state index contributed by atoms with van der Waals surface area (Å²) in [5, 5.41) is 20.3. The SMILES string of the molecule is CC1c2c([nH]c3nnc(-c4ccccc4O)cc23)CCN1c1ncc(N2C[C@@H]3CN(C4CC5(C4)CN(C(=O)OC(C)(C)C)C5)C[C@@H]3C2)cn1. The minimum Gasteiger partial charge on any atom is -0.507 e. The Morgan fingerprint density at radius 2 is 1.73 bits per heavy atom. The number of H-pyrrole nitrogens is 1. The van der Waals surface area contributed by atoms with Crippen molar-refractivity contribution in [3.8, 4) is 17.0 Å². The maximum atomic E-state index is 12.4. The van der Waals surface area contributed by atoms with Crippen LogP contribution in [-0.4, -0.2) is 104 Å². The van der Waals surface area contributed by atoms with Crippen LogP contribution in [0, 0.1) is 17.3 Å². The molecule has 12 heteroatoms. The van der Waals surface area contributed by atoms with E-state index in [1.54, 1.807) is 6.07 Å². The molecule has 1 unspecified atom stereocenters. The van der Waals surface area contributed by atoms with E-state index < -0.39 is 5.60 Å². The van der Waals surface area contributed by atoms with Crippen LogP contribution in [0.4, 0.5) is 16.4 Å². The predicted octanol–water partition coefficient (Wildman–Crippen LogP) is 5.01. The van der Waals surface area contributed by atoms with Crippen LogP contribution in [0.25, 0.3) is 22.3 Å². The summed E-state index contributed by atoms with van der Waals surface area (Å²) in [7, 11) is 0. The van der Waals surface area contributed by atoms with Crippen molar-refractivity contribution in [1.29, 1.82) is 0 Å². The van der Waals surface area contributed by atoms with Gasteiger partial charge in [-0.25, -0.2) is 14.8 Å². The van der Waals surface area contributed by atoms with Crippen molar-refractivity contribution in [2.75, 3.05) is 55.6 Å². The molecule has 7 heterocycles. The first-order chi connectivity index (χ1) is 23.5. The van der Waals surface area contributed by atoms with Gasteiger partial charge in [-0.15, -0.1) is 10.2 Å². The number of aromatic amines is 1. The van der Waals surface area contributed by atoms with Crippen LogP contribution in [0.3, 0.4) is 0 Å². The van der Waals surface area contributed by atoms with E-state index in [9.17, 15) is 9.90 Å². The van der Waals surface area contributed by atoms with Crippen LogP contribution in [0.15, 0.2) is 42.7 Å². The fourth-order valence-corrected chi connectivity index (χ4v) is 9.25. The van der Waals surface area contributed by atoms with Gasteiger partial charge < -0.3 is 29.5 Å². The molecule has 1 amide bonds. The molecule has 4 fully saturated rings. The number of likely N-dealkylation sites (tertiary alicyclic amines) is 2. The highest BCUT2D eigenvalue weighted by molar-refractivity contribution is 5.86. The highest BCUT2D eigenvalue weighted by Gasteiger charge is 2.57. The summed E-state index contributed by atoms with van der Waals surface area (Å²) in [6, 6.07) is 9.96. The van der Waals surface area contributed by atoms with Crippen LogP contribution in [0.1, 0.15) is 57.8 Å². The molecule has 4 aromatic rings. The summed E-state index contributed by atoms with van der Waals surface area (Å²) >= 11 is 0. The molecule has 0 bridgehead atoms. The second-order valence-electron chi connectivity index (χ2n) is 16.2. The summed E-state index contributed by atoms with van der Waals surface area (Å²) < 4.78 is 5.56. The van der Waals surface area contributed by atoms with Crippen LogP contribution in [-0.2, 0) is 11.2 Å². The number of nitrogens with one attached hydrogen (secondary N) is 1. The molecule has 1 spiro atoms. The highest BCUT2D eigenvalue weighted by atomic mass is 16.6. The Morgan fingerprint density at radius 1 is 1.02 bits per heavy atom. The van der Waals surface area contributed by atoms with E-state index in [0.717, 1.165) is 74.9 Å². The normalized spacial score (nSPS) is 25.0. The number of carbonyl (C=O) groups is 1. The summed E-state index contributed by atoms with van der Waals surface area (Å²) in [6.07, 6.45) is 7.07. The minimum atomic E-state index is -0.440. The Labute approximate surface area is 286 Å². The molecule has 1 saturated carbocycles. The predicted molar refractivity (Wildman–Crippen MR) is 187 cm³/mol. The van der Waals surface area contributed by atoms with E-state index in [4.69, 9.17) is 14.7 Å². The van der Waals surface area contributed by atoms with Gasteiger partial charge in [-0.1, -0.05) is 12.1 Å². The fraction of sp³-hybridized carbons (Fsp3) is 0.541. The third-order valence-electron chi connectivity index (χ3n) is 11.7. The molecule has 3 saturated heterocycles. The van der Waals surface area contributed by atoms with Crippen LogP contribution in [0.2, 0.25) is 0 Å². The Bertz CT molecular complexity index is 1890. The highest BCUT2D eigenvalue weighted by Crippen LogP contribution is 2.52. The lowest BCUT2D eigenvalue weighted by Crippen LogP contribution is -2.67. The van der Waals surface area contributed by atoms with E-state index in [1.807, 2.05) is 62.3 Å². The number of anilines is 2. The standard InChI is InChI=1S/C37H45N9O3/c1-22-32-28-11-30(27-7-5-6-8-31(27)47)41-42-33(28)40-29(32)9-10-46(22)34-38-14-26(15-39-34)44-18-23-16-43(17-24(23)19-44)25-12-37(13-25)20-45(21-37)35(48)49-36(2,3)4/h5-8,11,14-15,22-25,47H,9-10,12-13,16-21H2,1-4H3,(H,40,42)/t22?,23-,24+. The van der Waals surface area contributed by atoms with Crippen molar-refractivity contribution in [3.05, 3.63) is 54.0 Å². The number of para-hydroxylation sites is 1. The average Bonchev–Trinajstić information content (AvgIpc) is 3.71. The molecular weight excluding hydrogens is 618 g/mol. The molecule has 3 atom stereocenters. The zero-order valence-corrected chi connectivity index (χ0v) is 28.8. The molecule has 3 aromatic heterocycles. The van der Waals surface area contributed by atoms with Gasteiger partial charge in [0.1, 0.15) is 11.4 Å². The van der Waals surface area contributed by atoms with Crippen molar-refractivity contribution in [2.24, 2.45) is 17.3 Å². The van der Waals surface area contributed by atoms with Gasteiger partial charge in [-0.2, -0.15) is 0 Å². The Kier molecular flexibility index (Phi) is 6.89. The number of rotatable bonds is 4. The maximum Gasteiger partial charge on any atom is 0.410 e. The number of aromatic nitrogens is 5. The monoisotopic (exact) mass is 663 g/mol. The first-order valence-corrected chi connectivity index (χ1v) is 17.7. The van der Waals surface area contributed by atoms with Gasteiger partial charge in [-0.3, -0.25) is 4.90 Å². The van der Waals surface area contributed by atoms with E-state index in [1.165, 1.54) is 24.1 Å². The summed E-state index contributed by atoms with van der Waals surface area (Å²) in [5.74, 6) is 2.27. The lowest BCUT2D eigenvalue weighted by Gasteiger charge is -2.60. The number of phenolic OH excluding ortho intramolecular Hbond substituents is 1. The second-order valence-corrected chi connectivity index (χ2v) is 16.2. The van der Waals surface area contributed by atoms with Crippen molar-refractivity contribution in [3.63, 3.8) is 0 Å². The van der Waals surface area contributed by atoms with Gasteiger partial charge in [0.2, 0.25) is 5.95 Å². The molecule has 9 rings (SSSR count). The fourth-order valence-electron chi connectivity index (χ4n) is 9.25. The molecule has 0 radical (unpaired) electrons. The Hall–Kier alpha value is -4.45. The Morgan fingerprint density at radius 3 is 2.43 bits per heavy atom. The van der Waals surface area contributed by atoms with E-state index in [2.05, 4.69) is 36.8 Å². The quantitative estimate of drug-likeness (QED) is 0.308. The first kappa shape index (κ1) is 30.6. The third-order valence-corrected chi connectivity index (χ3v) is 11.7. The van der Waals surface area contributed by atoms with Gasteiger partial charge in [0.05, 0.1) is 29.8 Å². The largest absolute Gasteiger partial charge is 0.507 e. The molecule has 49 heavy (non-hydrogen) atoms. The number of nitrogens with zero attached hydrogens (tertiary/aromatic N) is 8. The van der Waals surface area contributed by atoms with Gasteiger partial charge in [-0.05, 0) is 70.6 Å². The number of amides is 1. The van der Waals surface area contributed by atoms with E-state index in [-0.39, 0.29) is 17.9 Å². The summed E-state index contributed by atoms with van der Waals surface area (Å²) in [5.41, 5.74) is 5.41. The van der Waals surface area contributed by atoms with Gasteiger partial charge >= 0.3 is 6.09 Å². The smallest absolute Gasteiger partial charge is 0.410 e. The van der Waals surface area contributed by atoms with Gasteiger partial charge in [0, 0.05) is 85.9 Å². The maximum absolute atomic E-state index is 12.4. The number of aromatic hydroxyl groups is 1. The van der Waals surface area contributed by atoms with Crippen molar-refractivity contribution < 1.29 is 14.6 Å². The molecule has 5 aliphatic rings. The number of hydrogen-bond donors (Lipinski definition) is 2. The molecule has 2 N–H and O–H groups in total. The third kappa shape index (κ3) is 5.26. The first-order valence-electron chi connectivity index (χ1n) is 17.7. The van der Waals surface area contributed by atoms with E-state index >= 15 is 0 Å². The lowest BCUT2D eigenvalue weighted by molar-refractivity contribution is -0.105. The average molecular weight is 664 g/mol. The number of phenols is 1. The number of benzene rings is 1. The molecule has 4 aliphatic heterocycles. The molecule has 256 valence electrons. The molecule has 1 aliphatic carbocycles. The zero-order valence-electron chi connectivity index (χ0n) is 28.8. The lowest BCUT2D eigenvalue weighted by atomic mass is 9.60. The van der Waals surface area contributed by atoms with Crippen molar-refractivity contribution >= 4 is 28.8 Å².